The fourth-order valence-electron chi connectivity index (χ4n) is 1.93. The van der Waals surface area contributed by atoms with E-state index in [9.17, 15) is 9.18 Å². The summed E-state index contributed by atoms with van der Waals surface area (Å²) in [6, 6.07) is 6.81. The van der Waals surface area contributed by atoms with Crippen molar-refractivity contribution in [2.24, 2.45) is 0 Å². The molecule has 2 aromatic rings. The molecule has 1 aromatic heterocycles. The molecule has 0 aliphatic rings. The summed E-state index contributed by atoms with van der Waals surface area (Å²) in [6.07, 6.45) is 2.24. The second-order valence-electron chi connectivity index (χ2n) is 5.02. The van der Waals surface area contributed by atoms with E-state index in [2.05, 4.69) is 20.6 Å². The van der Waals surface area contributed by atoms with Gasteiger partial charge in [-0.1, -0.05) is 12.1 Å². The van der Waals surface area contributed by atoms with Crippen LogP contribution in [0.5, 0.6) is 0 Å². The van der Waals surface area contributed by atoms with Gasteiger partial charge in [-0.2, -0.15) is 0 Å². The zero-order chi connectivity index (χ0) is 15.9. The van der Waals surface area contributed by atoms with E-state index >= 15 is 0 Å². The highest BCUT2D eigenvalue weighted by atomic mass is 19.1. The second kappa shape index (κ2) is 7.49. The summed E-state index contributed by atoms with van der Waals surface area (Å²) in [5.74, 6) is 0.389. The van der Waals surface area contributed by atoms with Gasteiger partial charge in [0, 0.05) is 31.6 Å². The molecule has 1 heterocycles. The third kappa shape index (κ3) is 4.51. The summed E-state index contributed by atoms with van der Waals surface area (Å²) in [5.41, 5.74) is 1.99. The fraction of sp³-hybridized carbons (Fsp3) is 0.312. The standard InChI is InChI=1S/C16H19FN4O/c1-11-4-5-13(8-14(11)17)15-9-16(21-10-20-15)19-7-3-6-18-12(2)22/h4-5,8-10H,3,6-7H2,1-2H3,(H,18,22)(H,19,20,21). The number of aryl methyl sites for hydroxylation is 1. The predicted molar refractivity (Wildman–Crippen MR) is 84.0 cm³/mol. The van der Waals surface area contributed by atoms with E-state index < -0.39 is 0 Å². The second-order valence-corrected chi connectivity index (χ2v) is 5.02. The molecule has 0 radical (unpaired) electrons. The zero-order valence-corrected chi connectivity index (χ0v) is 12.7. The molecular weight excluding hydrogens is 283 g/mol. The maximum Gasteiger partial charge on any atom is 0.216 e. The largest absolute Gasteiger partial charge is 0.370 e. The lowest BCUT2D eigenvalue weighted by molar-refractivity contribution is -0.118. The minimum absolute atomic E-state index is 0.0364. The monoisotopic (exact) mass is 302 g/mol. The third-order valence-corrected chi connectivity index (χ3v) is 3.17. The molecule has 2 rings (SSSR count). The highest BCUT2D eigenvalue weighted by Crippen LogP contribution is 2.21. The number of amides is 1. The average Bonchev–Trinajstić information content (AvgIpc) is 2.50. The summed E-state index contributed by atoms with van der Waals surface area (Å²) in [4.78, 5) is 19.1. The number of rotatable bonds is 6. The molecule has 0 fully saturated rings. The average molecular weight is 302 g/mol. The Bertz CT molecular complexity index is 660. The molecule has 0 unspecified atom stereocenters. The first-order valence-electron chi connectivity index (χ1n) is 7.13. The van der Waals surface area contributed by atoms with Crippen molar-refractivity contribution in [2.75, 3.05) is 18.4 Å². The fourth-order valence-corrected chi connectivity index (χ4v) is 1.93. The topological polar surface area (TPSA) is 66.9 Å². The summed E-state index contributed by atoms with van der Waals surface area (Å²) < 4.78 is 13.6. The molecule has 22 heavy (non-hydrogen) atoms. The van der Waals surface area contributed by atoms with E-state index in [-0.39, 0.29) is 11.7 Å². The molecule has 0 saturated carbocycles. The smallest absolute Gasteiger partial charge is 0.216 e. The first kappa shape index (κ1) is 15.9. The Kier molecular flexibility index (Phi) is 5.41. The van der Waals surface area contributed by atoms with Crippen molar-refractivity contribution in [1.82, 2.24) is 15.3 Å². The van der Waals surface area contributed by atoms with Crippen molar-refractivity contribution in [3.8, 4) is 11.3 Å². The van der Waals surface area contributed by atoms with Crippen LogP contribution in [0.4, 0.5) is 10.2 Å². The van der Waals surface area contributed by atoms with Crippen LogP contribution in [0.1, 0.15) is 18.9 Å². The Hall–Kier alpha value is -2.50. The first-order chi connectivity index (χ1) is 10.6. The number of aromatic nitrogens is 2. The Labute approximate surface area is 129 Å². The predicted octanol–water partition coefficient (Wildman–Crippen LogP) is 2.53. The van der Waals surface area contributed by atoms with Gasteiger partial charge in [0.1, 0.15) is 18.0 Å². The lowest BCUT2D eigenvalue weighted by Gasteiger charge is -2.08. The zero-order valence-electron chi connectivity index (χ0n) is 12.7. The Morgan fingerprint density at radius 1 is 1.23 bits per heavy atom. The molecule has 0 bridgehead atoms. The summed E-state index contributed by atoms with van der Waals surface area (Å²) in [5, 5.41) is 5.89. The van der Waals surface area contributed by atoms with Gasteiger partial charge in [-0.3, -0.25) is 4.79 Å². The third-order valence-electron chi connectivity index (χ3n) is 3.17. The van der Waals surface area contributed by atoms with E-state index in [1.165, 1.54) is 19.3 Å². The number of nitrogens with one attached hydrogen (secondary N) is 2. The number of hydrogen-bond donors (Lipinski definition) is 2. The van der Waals surface area contributed by atoms with Crippen LogP contribution >= 0.6 is 0 Å². The Balaban J connectivity index is 1.97. The van der Waals surface area contributed by atoms with Gasteiger partial charge < -0.3 is 10.6 Å². The molecule has 0 saturated heterocycles. The van der Waals surface area contributed by atoms with Crippen molar-refractivity contribution in [2.45, 2.75) is 20.3 Å². The Morgan fingerprint density at radius 2 is 2.05 bits per heavy atom. The van der Waals surface area contributed by atoms with Gasteiger partial charge in [0.05, 0.1) is 5.69 Å². The number of carbonyl (C=O) groups excluding carboxylic acids is 1. The van der Waals surface area contributed by atoms with Gasteiger partial charge in [-0.05, 0) is 25.0 Å². The van der Waals surface area contributed by atoms with Crippen LogP contribution in [0.3, 0.4) is 0 Å². The highest BCUT2D eigenvalue weighted by molar-refractivity contribution is 5.72. The van der Waals surface area contributed by atoms with E-state index in [1.807, 2.05) is 6.07 Å². The molecular formula is C16H19FN4O. The van der Waals surface area contributed by atoms with Crippen LogP contribution in [-0.4, -0.2) is 29.0 Å². The van der Waals surface area contributed by atoms with Crippen molar-refractivity contribution in [3.05, 3.63) is 42.0 Å². The van der Waals surface area contributed by atoms with Crippen LogP contribution in [-0.2, 0) is 4.79 Å². The molecule has 5 nitrogen and oxygen atoms in total. The van der Waals surface area contributed by atoms with Gasteiger partial charge in [-0.15, -0.1) is 0 Å². The van der Waals surface area contributed by atoms with Crippen LogP contribution in [0.25, 0.3) is 11.3 Å². The summed E-state index contributed by atoms with van der Waals surface area (Å²) in [6.45, 7) is 4.51. The summed E-state index contributed by atoms with van der Waals surface area (Å²) in [7, 11) is 0. The molecule has 6 heteroatoms. The van der Waals surface area contributed by atoms with Crippen LogP contribution in [0.2, 0.25) is 0 Å². The number of halogens is 1. The van der Waals surface area contributed by atoms with Crippen LogP contribution < -0.4 is 10.6 Å². The summed E-state index contributed by atoms with van der Waals surface area (Å²) >= 11 is 0. The number of carbonyl (C=O) groups is 1. The lowest BCUT2D eigenvalue weighted by atomic mass is 10.1. The molecule has 0 aliphatic heterocycles. The minimum Gasteiger partial charge on any atom is -0.370 e. The van der Waals surface area contributed by atoms with Gasteiger partial charge in [-0.25, -0.2) is 14.4 Å². The number of nitrogens with zero attached hydrogens (tertiary/aromatic N) is 2. The first-order valence-corrected chi connectivity index (χ1v) is 7.13. The molecule has 1 aromatic carbocycles. The minimum atomic E-state index is -0.249. The number of anilines is 1. The van der Waals surface area contributed by atoms with Gasteiger partial charge >= 0.3 is 0 Å². The maximum atomic E-state index is 13.6. The SMILES string of the molecule is CC(=O)NCCCNc1cc(-c2ccc(C)c(F)c2)ncn1. The normalized spacial score (nSPS) is 10.3. The van der Waals surface area contributed by atoms with Crippen LogP contribution in [0, 0.1) is 12.7 Å². The van der Waals surface area contributed by atoms with Gasteiger partial charge in [0.2, 0.25) is 5.91 Å². The van der Waals surface area contributed by atoms with Crippen molar-refractivity contribution < 1.29 is 9.18 Å². The van der Waals surface area contributed by atoms with E-state index in [4.69, 9.17) is 0 Å². The quantitative estimate of drug-likeness (QED) is 0.805. The number of benzene rings is 1. The molecule has 0 spiro atoms. The Morgan fingerprint density at radius 3 is 2.77 bits per heavy atom. The van der Waals surface area contributed by atoms with E-state index in [0.29, 0.717) is 35.7 Å². The van der Waals surface area contributed by atoms with Crippen molar-refractivity contribution >= 4 is 11.7 Å². The van der Waals surface area contributed by atoms with E-state index in [1.54, 1.807) is 19.1 Å². The van der Waals surface area contributed by atoms with Crippen molar-refractivity contribution in [3.63, 3.8) is 0 Å². The van der Waals surface area contributed by atoms with Gasteiger partial charge in [0.15, 0.2) is 0 Å². The molecule has 1 amide bonds. The van der Waals surface area contributed by atoms with Crippen molar-refractivity contribution in [1.29, 1.82) is 0 Å². The van der Waals surface area contributed by atoms with Gasteiger partial charge in [0.25, 0.3) is 0 Å². The maximum absolute atomic E-state index is 13.6. The molecule has 2 N–H and O–H groups in total. The van der Waals surface area contributed by atoms with Crippen LogP contribution in [0.15, 0.2) is 30.6 Å². The molecule has 0 atom stereocenters. The molecule has 116 valence electrons. The molecule has 0 aliphatic carbocycles. The highest BCUT2D eigenvalue weighted by Gasteiger charge is 2.05. The van der Waals surface area contributed by atoms with E-state index in [0.717, 1.165) is 6.42 Å². The lowest BCUT2D eigenvalue weighted by Crippen LogP contribution is -2.22. The number of hydrogen-bond acceptors (Lipinski definition) is 4.